The number of rotatable bonds is 5. The van der Waals surface area contributed by atoms with Crippen LogP contribution in [0.4, 0.5) is 0 Å². The van der Waals surface area contributed by atoms with Gasteiger partial charge in [0.1, 0.15) is 0 Å². The zero-order chi connectivity index (χ0) is 16.4. The van der Waals surface area contributed by atoms with Crippen molar-refractivity contribution < 1.29 is 13.2 Å². The number of fused-ring (bicyclic) bond motifs is 4. The quantitative estimate of drug-likeness (QED) is 0.851. The number of aryl methyl sites for hydroxylation is 1. The van der Waals surface area contributed by atoms with Crippen molar-refractivity contribution in [3.8, 4) is 0 Å². The highest BCUT2D eigenvalue weighted by molar-refractivity contribution is 7.88. The Labute approximate surface area is 137 Å². The molecule has 1 N–H and O–H groups in total. The number of nitrogens with one attached hydrogen (secondary N) is 1. The van der Waals surface area contributed by atoms with Crippen LogP contribution in [-0.4, -0.2) is 65.7 Å². The van der Waals surface area contributed by atoms with Crippen LogP contribution >= 0.6 is 0 Å². The maximum Gasteiger partial charge on any atom is 0.222 e. The molecule has 1 amide bonds. The van der Waals surface area contributed by atoms with Crippen LogP contribution in [0.2, 0.25) is 0 Å². The van der Waals surface area contributed by atoms with Crippen molar-refractivity contribution in [1.82, 2.24) is 19.4 Å². The smallest absolute Gasteiger partial charge is 0.222 e. The standard InChI is InChI=1S/C15H24N4O3S/c1-23(21,22)18-9-13-5-6-14(11-18)19(10-13)15(20)4-2-3-12-7-16-17-8-12/h7-8,13-14H,2-6,9-11H2,1H3,(H,16,17)/t13-,14+/m1/s1. The fourth-order valence-electron chi connectivity index (χ4n) is 3.62. The number of sulfonamides is 1. The number of hydrogen-bond acceptors (Lipinski definition) is 4. The first-order valence-corrected chi connectivity index (χ1v) is 10.0. The van der Waals surface area contributed by atoms with Crippen molar-refractivity contribution in [2.45, 2.75) is 38.1 Å². The lowest BCUT2D eigenvalue weighted by Crippen LogP contribution is -2.47. The molecule has 0 aliphatic carbocycles. The van der Waals surface area contributed by atoms with Gasteiger partial charge in [0.2, 0.25) is 15.9 Å². The first kappa shape index (κ1) is 16.4. The second-order valence-corrected chi connectivity index (χ2v) is 8.67. The second-order valence-electron chi connectivity index (χ2n) is 6.68. The molecule has 3 aliphatic rings. The Morgan fingerprint density at radius 1 is 1.35 bits per heavy atom. The van der Waals surface area contributed by atoms with Crippen LogP contribution < -0.4 is 0 Å². The van der Waals surface area contributed by atoms with Crippen LogP contribution in [0.25, 0.3) is 0 Å². The van der Waals surface area contributed by atoms with Crippen molar-refractivity contribution in [1.29, 1.82) is 0 Å². The van der Waals surface area contributed by atoms with Gasteiger partial charge < -0.3 is 4.90 Å². The molecule has 3 fully saturated rings. The fraction of sp³-hybridized carbons (Fsp3) is 0.733. The van der Waals surface area contributed by atoms with Gasteiger partial charge in [0.15, 0.2) is 0 Å². The van der Waals surface area contributed by atoms with Crippen LogP contribution in [0.1, 0.15) is 31.2 Å². The summed E-state index contributed by atoms with van der Waals surface area (Å²) < 4.78 is 25.3. The van der Waals surface area contributed by atoms with Crippen molar-refractivity contribution in [2.75, 3.05) is 25.9 Å². The van der Waals surface area contributed by atoms with Crippen LogP contribution in [0, 0.1) is 5.92 Å². The highest BCUT2D eigenvalue weighted by Gasteiger charge is 2.39. The van der Waals surface area contributed by atoms with E-state index in [9.17, 15) is 13.2 Å². The third-order valence-corrected chi connectivity index (χ3v) is 6.12. The molecule has 0 radical (unpaired) electrons. The van der Waals surface area contributed by atoms with E-state index in [0.717, 1.165) is 31.2 Å². The summed E-state index contributed by atoms with van der Waals surface area (Å²) in [6.45, 7) is 1.69. The predicted molar refractivity (Wildman–Crippen MR) is 86.2 cm³/mol. The molecule has 8 heteroatoms. The molecule has 23 heavy (non-hydrogen) atoms. The topological polar surface area (TPSA) is 86.4 Å². The fourth-order valence-corrected chi connectivity index (χ4v) is 4.54. The van der Waals surface area contributed by atoms with E-state index in [4.69, 9.17) is 0 Å². The number of hydrogen-bond donors (Lipinski definition) is 1. The zero-order valence-electron chi connectivity index (χ0n) is 13.4. The van der Waals surface area contributed by atoms with Crippen LogP contribution in [0.5, 0.6) is 0 Å². The lowest BCUT2D eigenvalue weighted by molar-refractivity contribution is -0.135. The highest BCUT2D eigenvalue weighted by Crippen LogP contribution is 2.29. The van der Waals surface area contributed by atoms with E-state index >= 15 is 0 Å². The molecule has 0 aromatic carbocycles. The van der Waals surface area contributed by atoms with E-state index in [0.29, 0.717) is 26.1 Å². The first-order chi connectivity index (χ1) is 10.9. The van der Waals surface area contributed by atoms with Gasteiger partial charge in [0.25, 0.3) is 0 Å². The predicted octanol–water partition coefficient (Wildman–Crippen LogP) is 0.615. The number of aromatic nitrogens is 2. The second kappa shape index (κ2) is 6.60. The van der Waals surface area contributed by atoms with E-state index in [-0.39, 0.29) is 17.9 Å². The Balaban J connectivity index is 1.58. The van der Waals surface area contributed by atoms with E-state index < -0.39 is 10.0 Å². The maximum atomic E-state index is 12.6. The van der Waals surface area contributed by atoms with Gasteiger partial charge >= 0.3 is 0 Å². The third-order valence-electron chi connectivity index (χ3n) is 4.88. The normalized spacial score (nSPS) is 25.5. The molecule has 2 bridgehead atoms. The highest BCUT2D eigenvalue weighted by atomic mass is 32.2. The molecule has 7 nitrogen and oxygen atoms in total. The summed E-state index contributed by atoms with van der Waals surface area (Å²) in [5.41, 5.74) is 1.11. The van der Waals surface area contributed by atoms with Crippen molar-refractivity contribution >= 4 is 15.9 Å². The molecule has 1 aromatic rings. The van der Waals surface area contributed by atoms with Gasteiger partial charge in [-0.15, -0.1) is 0 Å². The van der Waals surface area contributed by atoms with Crippen LogP contribution in [0.3, 0.4) is 0 Å². The molecule has 0 spiro atoms. The van der Waals surface area contributed by atoms with E-state index in [2.05, 4.69) is 10.2 Å². The minimum Gasteiger partial charge on any atom is -0.338 e. The molecule has 2 atom stereocenters. The molecular formula is C15H24N4O3S. The number of piperidine rings is 1. The zero-order valence-corrected chi connectivity index (χ0v) is 14.3. The van der Waals surface area contributed by atoms with Crippen LogP contribution in [-0.2, 0) is 21.2 Å². The van der Waals surface area contributed by atoms with Gasteiger partial charge in [-0.25, -0.2) is 8.42 Å². The molecule has 4 heterocycles. The summed E-state index contributed by atoms with van der Waals surface area (Å²) in [6.07, 6.45) is 8.94. The Morgan fingerprint density at radius 3 is 2.87 bits per heavy atom. The third kappa shape index (κ3) is 3.92. The number of carbonyl (C=O) groups is 1. The van der Waals surface area contributed by atoms with Gasteiger partial charge in [-0.3, -0.25) is 9.89 Å². The number of nitrogens with zero attached hydrogens (tertiary/aromatic N) is 3. The number of amides is 1. The summed E-state index contributed by atoms with van der Waals surface area (Å²) in [7, 11) is -3.19. The molecule has 3 saturated heterocycles. The SMILES string of the molecule is CS(=O)(=O)N1C[C@H]2CC[C@@H](C1)N(C(=O)CCCc1cn[nH]c1)C2. The van der Waals surface area contributed by atoms with Crippen molar-refractivity contribution in [2.24, 2.45) is 5.92 Å². The molecule has 128 valence electrons. The monoisotopic (exact) mass is 340 g/mol. The first-order valence-electron chi connectivity index (χ1n) is 8.15. The summed E-state index contributed by atoms with van der Waals surface area (Å²) in [5, 5.41) is 6.67. The van der Waals surface area contributed by atoms with Gasteiger partial charge in [-0.2, -0.15) is 9.40 Å². The Morgan fingerprint density at radius 2 is 2.17 bits per heavy atom. The molecule has 3 aliphatic heterocycles. The lowest BCUT2D eigenvalue weighted by atomic mass is 9.94. The molecular weight excluding hydrogens is 316 g/mol. The van der Waals surface area contributed by atoms with Crippen LogP contribution in [0.15, 0.2) is 12.4 Å². The van der Waals surface area contributed by atoms with E-state index in [1.165, 1.54) is 6.26 Å². The number of aromatic amines is 1. The summed E-state index contributed by atoms with van der Waals surface area (Å²) in [4.78, 5) is 14.5. The molecule has 4 rings (SSSR count). The van der Waals surface area contributed by atoms with Gasteiger partial charge in [-0.1, -0.05) is 0 Å². The Bertz CT molecular complexity index is 644. The minimum atomic E-state index is -3.19. The van der Waals surface area contributed by atoms with Gasteiger partial charge in [0, 0.05) is 38.3 Å². The summed E-state index contributed by atoms with van der Waals surface area (Å²) in [6, 6.07) is 0.0323. The largest absolute Gasteiger partial charge is 0.338 e. The van der Waals surface area contributed by atoms with Crippen molar-refractivity contribution in [3.63, 3.8) is 0 Å². The van der Waals surface area contributed by atoms with Gasteiger partial charge in [-0.05, 0) is 37.2 Å². The summed E-state index contributed by atoms with van der Waals surface area (Å²) in [5.74, 6) is 0.417. The Hall–Kier alpha value is -1.41. The summed E-state index contributed by atoms with van der Waals surface area (Å²) >= 11 is 0. The maximum absolute atomic E-state index is 12.6. The lowest BCUT2D eigenvalue weighted by Gasteiger charge is -2.36. The number of H-pyrrole nitrogens is 1. The van der Waals surface area contributed by atoms with E-state index in [1.807, 2.05) is 11.1 Å². The molecule has 1 aromatic heterocycles. The Kier molecular flexibility index (Phi) is 4.72. The number of carbonyl (C=O) groups excluding carboxylic acids is 1. The molecule has 0 unspecified atom stereocenters. The average Bonchev–Trinajstić information content (AvgIpc) is 2.82. The van der Waals surface area contributed by atoms with Gasteiger partial charge in [0.05, 0.1) is 12.5 Å². The minimum absolute atomic E-state index is 0.0323. The van der Waals surface area contributed by atoms with E-state index in [1.54, 1.807) is 10.5 Å². The van der Waals surface area contributed by atoms with Crippen molar-refractivity contribution in [3.05, 3.63) is 18.0 Å². The average molecular weight is 340 g/mol. The molecule has 0 saturated carbocycles.